The van der Waals surface area contributed by atoms with E-state index in [1.807, 2.05) is 18.2 Å². The monoisotopic (exact) mass is 480 g/mol. The lowest BCUT2D eigenvalue weighted by molar-refractivity contribution is -0.113. The number of thiophene rings is 1. The Morgan fingerprint density at radius 2 is 2.20 bits per heavy atom. The molecule has 4 rings (SSSR count). The minimum Gasteiger partial charge on any atom is -0.462 e. The normalized spacial score (nSPS) is 15.8. The zero-order chi connectivity index (χ0) is 21.3. The number of benzene rings is 1. The van der Waals surface area contributed by atoms with Gasteiger partial charge >= 0.3 is 5.97 Å². The van der Waals surface area contributed by atoms with Crippen molar-refractivity contribution in [3.63, 3.8) is 0 Å². The standard InChI is InChI=1S/C21H21ClN2O3S3/c1-3-27-20(26)18-13-6-4-11(2)8-16(13)29-19(18)24-17(25)10-28-21-23-14-9-12(22)5-7-15(14)30-21/h5,7,9,11H,3-4,6,8,10H2,1-2H3,(H,24,25). The number of anilines is 1. The topological polar surface area (TPSA) is 68.3 Å². The van der Waals surface area contributed by atoms with Gasteiger partial charge in [-0.2, -0.15) is 0 Å². The van der Waals surface area contributed by atoms with Crippen LogP contribution in [-0.2, 0) is 22.4 Å². The van der Waals surface area contributed by atoms with E-state index < -0.39 is 0 Å². The molecule has 0 saturated carbocycles. The van der Waals surface area contributed by atoms with Crippen molar-refractivity contribution in [2.75, 3.05) is 17.7 Å². The van der Waals surface area contributed by atoms with Crippen molar-refractivity contribution in [2.24, 2.45) is 5.92 Å². The molecular weight excluding hydrogens is 460 g/mol. The maximum absolute atomic E-state index is 12.6. The van der Waals surface area contributed by atoms with Gasteiger partial charge in [-0.25, -0.2) is 9.78 Å². The van der Waals surface area contributed by atoms with Crippen LogP contribution < -0.4 is 5.32 Å². The highest BCUT2D eigenvalue weighted by Gasteiger charge is 2.29. The van der Waals surface area contributed by atoms with E-state index in [0.29, 0.717) is 28.1 Å². The van der Waals surface area contributed by atoms with Crippen LogP contribution in [0.4, 0.5) is 5.00 Å². The van der Waals surface area contributed by atoms with Gasteiger partial charge in [0.25, 0.3) is 0 Å². The van der Waals surface area contributed by atoms with Crippen molar-refractivity contribution in [3.8, 4) is 0 Å². The SMILES string of the molecule is CCOC(=O)c1c(NC(=O)CSc2nc3cc(Cl)ccc3s2)sc2c1CCC(C)C2. The summed E-state index contributed by atoms with van der Waals surface area (Å²) in [6, 6.07) is 5.59. The van der Waals surface area contributed by atoms with Crippen LogP contribution >= 0.6 is 46.0 Å². The molecule has 1 aromatic carbocycles. The fourth-order valence-corrected chi connectivity index (χ4v) is 6.92. The van der Waals surface area contributed by atoms with Crippen molar-refractivity contribution in [1.82, 2.24) is 4.98 Å². The molecule has 158 valence electrons. The molecular formula is C21H21ClN2O3S3. The number of nitrogens with zero attached hydrogens (tertiary/aromatic N) is 1. The summed E-state index contributed by atoms with van der Waals surface area (Å²) in [5, 5.41) is 4.20. The van der Waals surface area contributed by atoms with Gasteiger partial charge < -0.3 is 10.1 Å². The number of thioether (sulfide) groups is 1. The summed E-state index contributed by atoms with van der Waals surface area (Å²) in [7, 11) is 0. The number of halogens is 1. The summed E-state index contributed by atoms with van der Waals surface area (Å²) in [5.41, 5.74) is 2.42. The molecule has 3 aromatic rings. The predicted octanol–water partition coefficient (Wildman–Crippen LogP) is 6.04. The van der Waals surface area contributed by atoms with Gasteiger partial charge in [-0.3, -0.25) is 4.79 Å². The Morgan fingerprint density at radius 3 is 3.00 bits per heavy atom. The number of ether oxygens (including phenoxy) is 1. The molecule has 1 aliphatic carbocycles. The summed E-state index contributed by atoms with van der Waals surface area (Å²) in [6.45, 7) is 4.32. The number of rotatable bonds is 6. The Morgan fingerprint density at radius 1 is 1.37 bits per heavy atom. The molecule has 1 amide bonds. The summed E-state index contributed by atoms with van der Waals surface area (Å²) >= 11 is 10.4. The smallest absolute Gasteiger partial charge is 0.341 e. The molecule has 0 aliphatic heterocycles. The maximum Gasteiger partial charge on any atom is 0.341 e. The van der Waals surface area contributed by atoms with Crippen LogP contribution in [0.25, 0.3) is 10.2 Å². The second kappa shape index (κ2) is 9.26. The van der Waals surface area contributed by atoms with Crippen LogP contribution in [0, 0.1) is 5.92 Å². The Hall–Kier alpha value is -1.61. The molecule has 9 heteroatoms. The van der Waals surface area contributed by atoms with Gasteiger partial charge in [-0.15, -0.1) is 22.7 Å². The van der Waals surface area contributed by atoms with Gasteiger partial charge in [-0.05, 0) is 55.9 Å². The lowest BCUT2D eigenvalue weighted by Crippen LogP contribution is -2.17. The van der Waals surface area contributed by atoms with Gasteiger partial charge in [0.15, 0.2) is 4.34 Å². The molecule has 1 atom stereocenters. The van der Waals surface area contributed by atoms with Gasteiger partial charge in [0.1, 0.15) is 5.00 Å². The highest BCUT2D eigenvalue weighted by atomic mass is 35.5. The van der Waals surface area contributed by atoms with E-state index in [2.05, 4.69) is 17.2 Å². The molecule has 1 aliphatic rings. The summed E-state index contributed by atoms with van der Waals surface area (Å²) in [5.74, 6) is 0.289. The number of esters is 1. The first kappa shape index (κ1) is 21.6. The fraction of sp³-hybridized carbons (Fsp3) is 0.381. The minimum absolute atomic E-state index is 0.158. The molecule has 0 spiro atoms. The number of thiazole rings is 1. The van der Waals surface area contributed by atoms with E-state index in [4.69, 9.17) is 16.3 Å². The van der Waals surface area contributed by atoms with Crippen molar-refractivity contribution in [2.45, 2.75) is 37.4 Å². The zero-order valence-corrected chi connectivity index (χ0v) is 19.8. The third-order valence-electron chi connectivity index (χ3n) is 4.90. The molecule has 0 fully saturated rings. The molecule has 2 aromatic heterocycles. The van der Waals surface area contributed by atoms with Crippen LogP contribution in [0.15, 0.2) is 22.5 Å². The summed E-state index contributed by atoms with van der Waals surface area (Å²) in [4.78, 5) is 30.9. The number of hydrogen-bond donors (Lipinski definition) is 1. The number of hydrogen-bond acceptors (Lipinski definition) is 7. The first-order valence-electron chi connectivity index (χ1n) is 9.75. The third kappa shape index (κ3) is 4.66. The van der Waals surface area contributed by atoms with Crippen molar-refractivity contribution in [3.05, 3.63) is 39.2 Å². The largest absolute Gasteiger partial charge is 0.462 e. The van der Waals surface area contributed by atoms with Crippen molar-refractivity contribution in [1.29, 1.82) is 0 Å². The average Bonchev–Trinajstić information content (AvgIpc) is 3.26. The van der Waals surface area contributed by atoms with Crippen LogP contribution in [0.5, 0.6) is 0 Å². The second-order valence-electron chi connectivity index (χ2n) is 7.21. The molecule has 0 bridgehead atoms. The highest BCUT2D eigenvalue weighted by Crippen LogP contribution is 2.40. The average molecular weight is 481 g/mol. The Bertz CT molecular complexity index is 1110. The van der Waals surface area contributed by atoms with E-state index in [1.54, 1.807) is 6.92 Å². The van der Waals surface area contributed by atoms with Crippen molar-refractivity contribution >= 4 is 73.1 Å². The molecule has 2 heterocycles. The number of nitrogens with one attached hydrogen (secondary N) is 1. The Balaban J connectivity index is 1.48. The lowest BCUT2D eigenvalue weighted by atomic mass is 9.88. The first-order chi connectivity index (χ1) is 14.4. The second-order valence-corrected chi connectivity index (χ2v) is 11.0. The van der Waals surface area contributed by atoms with Crippen LogP contribution in [0.1, 0.15) is 41.1 Å². The van der Waals surface area contributed by atoms with Gasteiger partial charge in [-0.1, -0.05) is 30.3 Å². The van der Waals surface area contributed by atoms with Crippen LogP contribution in [-0.4, -0.2) is 29.2 Å². The first-order valence-corrected chi connectivity index (χ1v) is 12.7. The highest BCUT2D eigenvalue weighted by molar-refractivity contribution is 8.01. The fourth-order valence-electron chi connectivity index (χ4n) is 3.49. The number of carbonyl (C=O) groups is 2. The molecule has 1 unspecified atom stereocenters. The maximum atomic E-state index is 12.6. The van der Waals surface area contributed by atoms with Crippen LogP contribution in [0.2, 0.25) is 5.02 Å². The lowest BCUT2D eigenvalue weighted by Gasteiger charge is -2.18. The number of amides is 1. The molecule has 0 radical (unpaired) electrons. The summed E-state index contributed by atoms with van der Waals surface area (Å²) < 4.78 is 7.11. The zero-order valence-electron chi connectivity index (χ0n) is 16.6. The van der Waals surface area contributed by atoms with Gasteiger partial charge in [0.2, 0.25) is 5.91 Å². The van der Waals surface area contributed by atoms with E-state index in [1.165, 1.54) is 39.3 Å². The molecule has 5 nitrogen and oxygen atoms in total. The molecule has 0 saturated heterocycles. The van der Waals surface area contributed by atoms with Gasteiger partial charge in [0, 0.05) is 9.90 Å². The Kier molecular flexibility index (Phi) is 6.67. The predicted molar refractivity (Wildman–Crippen MR) is 125 cm³/mol. The minimum atomic E-state index is -0.351. The molecule has 30 heavy (non-hydrogen) atoms. The van der Waals surface area contributed by atoms with E-state index in [-0.39, 0.29) is 17.6 Å². The quantitative estimate of drug-likeness (QED) is 0.344. The summed E-state index contributed by atoms with van der Waals surface area (Å²) in [6.07, 6.45) is 2.83. The van der Waals surface area contributed by atoms with Crippen molar-refractivity contribution < 1.29 is 14.3 Å². The van der Waals surface area contributed by atoms with Crippen LogP contribution in [0.3, 0.4) is 0 Å². The van der Waals surface area contributed by atoms with E-state index in [0.717, 1.165) is 39.4 Å². The number of carbonyl (C=O) groups excluding carboxylic acids is 2. The van der Waals surface area contributed by atoms with E-state index in [9.17, 15) is 9.59 Å². The van der Waals surface area contributed by atoms with Gasteiger partial charge in [0.05, 0.1) is 28.1 Å². The number of fused-ring (bicyclic) bond motifs is 2. The Labute approximate surface area is 192 Å². The van der Waals surface area contributed by atoms with E-state index >= 15 is 0 Å². The molecule has 1 N–H and O–H groups in total. The third-order valence-corrected chi connectivity index (χ3v) is 8.49. The number of aromatic nitrogens is 1.